The Hall–Kier alpha value is -0.520. The average Bonchev–Trinajstić information content (AvgIpc) is 3.48. The third-order valence-electron chi connectivity index (χ3n) is 11.1. The fourth-order valence-electron chi connectivity index (χ4n) is 9.29. The third kappa shape index (κ3) is 3.47. The van der Waals surface area contributed by atoms with Crippen LogP contribution < -0.4 is 0 Å². The van der Waals surface area contributed by atoms with Crippen molar-refractivity contribution in [2.24, 2.45) is 52.3 Å². The SMILES string of the molecule is CC(C)CCC[C@@H](C)[C@H]1CCC2[C@@H]3CC=C4C[C@@H](C5=C[CH]5)CC[C@]4(C)C3CC[C@@]21C. The molecule has 3 fully saturated rings. The van der Waals surface area contributed by atoms with Crippen molar-refractivity contribution in [1.82, 2.24) is 0 Å². The summed E-state index contributed by atoms with van der Waals surface area (Å²) < 4.78 is 0. The largest absolute Gasteiger partial charge is 0.0845 e. The normalized spacial score (nSPS) is 45.9. The average molecular weight is 408 g/mol. The molecule has 0 aromatic rings. The van der Waals surface area contributed by atoms with Crippen molar-refractivity contribution in [1.29, 1.82) is 0 Å². The zero-order valence-corrected chi connectivity index (χ0v) is 20.6. The van der Waals surface area contributed by atoms with Crippen molar-refractivity contribution in [2.75, 3.05) is 0 Å². The minimum atomic E-state index is 0.525. The number of hydrogen-bond acceptors (Lipinski definition) is 0. The van der Waals surface area contributed by atoms with Gasteiger partial charge in [0.2, 0.25) is 0 Å². The maximum Gasteiger partial charge on any atom is 0.00833 e. The molecule has 3 saturated carbocycles. The van der Waals surface area contributed by atoms with Gasteiger partial charge in [0, 0.05) is 6.42 Å². The summed E-state index contributed by atoms with van der Waals surface area (Å²) in [5, 5.41) is 0. The Morgan fingerprint density at radius 1 is 0.967 bits per heavy atom. The van der Waals surface area contributed by atoms with Crippen molar-refractivity contribution in [2.45, 2.75) is 105 Å². The van der Waals surface area contributed by atoms with E-state index in [0.29, 0.717) is 10.8 Å². The summed E-state index contributed by atoms with van der Waals surface area (Å²) in [7, 11) is 0. The lowest BCUT2D eigenvalue weighted by atomic mass is 9.46. The van der Waals surface area contributed by atoms with Crippen molar-refractivity contribution >= 4 is 0 Å². The Labute approximate surface area is 187 Å². The number of allylic oxidation sites excluding steroid dienone is 4. The monoisotopic (exact) mass is 407 g/mol. The van der Waals surface area contributed by atoms with E-state index in [-0.39, 0.29) is 0 Å². The second-order valence-electron chi connectivity index (χ2n) is 13.1. The van der Waals surface area contributed by atoms with Gasteiger partial charge in [-0.25, -0.2) is 0 Å². The zero-order chi connectivity index (χ0) is 21.1. The van der Waals surface area contributed by atoms with Gasteiger partial charge < -0.3 is 0 Å². The highest BCUT2D eigenvalue weighted by atomic mass is 14.6. The summed E-state index contributed by atoms with van der Waals surface area (Å²) in [6.45, 7) is 12.8. The van der Waals surface area contributed by atoms with E-state index in [1.165, 1.54) is 70.6 Å². The van der Waals surface area contributed by atoms with Crippen molar-refractivity contribution in [3.05, 3.63) is 29.7 Å². The first-order chi connectivity index (χ1) is 14.3. The summed E-state index contributed by atoms with van der Waals surface area (Å²) in [5.41, 5.74) is 4.69. The van der Waals surface area contributed by atoms with Crippen LogP contribution in [0.3, 0.4) is 0 Å². The summed E-state index contributed by atoms with van der Waals surface area (Å²) in [6.07, 6.45) is 23.6. The van der Waals surface area contributed by atoms with Gasteiger partial charge in [-0.3, -0.25) is 0 Å². The Kier molecular flexibility index (Phi) is 5.55. The van der Waals surface area contributed by atoms with Crippen LogP contribution in [0.2, 0.25) is 0 Å². The quantitative estimate of drug-likeness (QED) is 0.386. The minimum Gasteiger partial charge on any atom is -0.0845 e. The van der Waals surface area contributed by atoms with E-state index in [1.54, 1.807) is 5.57 Å². The van der Waals surface area contributed by atoms with E-state index >= 15 is 0 Å². The Morgan fingerprint density at radius 2 is 1.77 bits per heavy atom. The van der Waals surface area contributed by atoms with Crippen LogP contribution in [0, 0.1) is 58.7 Å². The molecule has 5 rings (SSSR count). The van der Waals surface area contributed by atoms with E-state index in [2.05, 4.69) is 53.2 Å². The van der Waals surface area contributed by atoms with E-state index in [4.69, 9.17) is 0 Å². The smallest absolute Gasteiger partial charge is 0.00833 e. The maximum atomic E-state index is 2.77. The van der Waals surface area contributed by atoms with Gasteiger partial charge in [0.05, 0.1) is 0 Å². The predicted octanol–water partition coefficient (Wildman–Crippen LogP) is 8.79. The lowest BCUT2D eigenvalue weighted by Crippen LogP contribution is -2.50. The molecule has 0 aromatic carbocycles. The Morgan fingerprint density at radius 3 is 2.50 bits per heavy atom. The van der Waals surface area contributed by atoms with Gasteiger partial charge in [-0.05, 0) is 104 Å². The predicted molar refractivity (Wildman–Crippen MR) is 129 cm³/mol. The Bertz CT molecular complexity index is 710. The van der Waals surface area contributed by atoms with Gasteiger partial charge in [0.1, 0.15) is 0 Å². The first kappa shape index (κ1) is 21.3. The molecule has 0 amide bonds. The van der Waals surface area contributed by atoms with E-state index in [0.717, 1.165) is 41.4 Å². The van der Waals surface area contributed by atoms with Crippen molar-refractivity contribution in [3.63, 3.8) is 0 Å². The van der Waals surface area contributed by atoms with Crippen LogP contribution in [0.25, 0.3) is 0 Å². The maximum absolute atomic E-state index is 2.77. The highest BCUT2D eigenvalue weighted by Gasteiger charge is 2.59. The molecular formula is C30H47. The van der Waals surface area contributed by atoms with Gasteiger partial charge in [-0.2, -0.15) is 0 Å². The zero-order valence-electron chi connectivity index (χ0n) is 20.6. The van der Waals surface area contributed by atoms with Crippen LogP contribution in [0.15, 0.2) is 23.3 Å². The van der Waals surface area contributed by atoms with E-state index in [9.17, 15) is 0 Å². The van der Waals surface area contributed by atoms with Crippen molar-refractivity contribution in [3.8, 4) is 0 Å². The summed E-state index contributed by atoms with van der Waals surface area (Å²) in [6, 6.07) is 0. The molecule has 5 aliphatic rings. The van der Waals surface area contributed by atoms with E-state index < -0.39 is 0 Å². The van der Waals surface area contributed by atoms with Crippen LogP contribution in [-0.2, 0) is 0 Å². The molecule has 0 aromatic heterocycles. The van der Waals surface area contributed by atoms with Gasteiger partial charge in [-0.1, -0.05) is 77.2 Å². The van der Waals surface area contributed by atoms with Gasteiger partial charge in [0.25, 0.3) is 0 Å². The molecule has 1 radical (unpaired) electrons. The van der Waals surface area contributed by atoms with Crippen LogP contribution >= 0.6 is 0 Å². The Balaban J connectivity index is 1.30. The molecule has 2 unspecified atom stereocenters. The summed E-state index contributed by atoms with van der Waals surface area (Å²) in [5.74, 6) is 6.60. The highest BCUT2D eigenvalue weighted by molar-refractivity contribution is 5.43. The molecule has 0 saturated heterocycles. The molecule has 5 aliphatic carbocycles. The second-order valence-corrected chi connectivity index (χ2v) is 13.1. The lowest BCUT2D eigenvalue weighted by molar-refractivity contribution is -0.0517. The fraction of sp³-hybridized carbons (Fsp3) is 0.833. The topological polar surface area (TPSA) is 0 Å². The number of rotatable bonds is 6. The molecule has 167 valence electrons. The molecule has 0 nitrogen and oxygen atoms in total. The van der Waals surface area contributed by atoms with Crippen LogP contribution in [-0.4, -0.2) is 0 Å². The fourth-order valence-corrected chi connectivity index (χ4v) is 9.29. The number of hydrogen-bond donors (Lipinski definition) is 0. The molecule has 0 heterocycles. The van der Waals surface area contributed by atoms with Gasteiger partial charge in [-0.15, -0.1) is 0 Å². The molecule has 30 heavy (non-hydrogen) atoms. The minimum absolute atomic E-state index is 0.525. The van der Waals surface area contributed by atoms with Gasteiger partial charge >= 0.3 is 0 Å². The first-order valence-electron chi connectivity index (χ1n) is 13.6. The van der Waals surface area contributed by atoms with Crippen LogP contribution in [0.5, 0.6) is 0 Å². The van der Waals surface area contributed by atoms with Crippen molar-refractivity contribution < 1.29 is 0 Å². The summed E-state index contributed by atoms with van der Waals surface area (Å²) in [4.78, 5) is 0. The van der Waals surface area contributed by atoms with E-state index in [1.807, 2.05) is 5.57 Å². The number of fused-ring (bicyclic) bond motifs is 5. The molecule has 8 atom stereocenters. The lowest BCUT2D eigenvalue weighted by Gasteiger charge is -2.58. The molecule has 0 heteroatoms. The van der Waals surface area contributed by atoms with Crippen LogP contribution in [0.1, 0.15) is 105 Å². The molecule has 0 N–H and O–H groups in total. The molecule has 0 aliphatic heterocycles. The first-order valence-corrected chi connectivity index (χ1v) is 13.6. The molecule has 0 spiro atoms. The third-order valence-corrected chi connectivity index (χ3v) is 11.1. The highest BCUT2D eigenvalue weighted by Crippen LogP contribution is 2.68. The second kappa shape index (κ2) is 7.81. The van der Waals surface area contributed by atoms with Crippen LogP contribution in [0.4, 0.5) is 0 Å². The molecule has 0 bridgehead atoms. The summed E-state index contributed by atoms with van der Waals surface area (Å²) >= 11 is 0. The standard InChI is InChI=1S/C30H47/c1-20(2)7-6-8-21(3)26-13-14-27-25-12-11-24-19-23(22-9-10-22)15-17-29(24,4)28(25)16-18-30(26,27)5/h9-11,20-21,23,25-28H,6-8,12-19H2,1-5H3/t21-,23+,25+,26-,27?,28?,29+,30-/m1/s1. The molecular weight excluding hydrogens is 360 g/mol. The van der Waals surface area contributed by atoms with Gasteiger partial charge in [0.15, 0.2) is 0 Å².